The monoisotopic (exact) mass is 506 g/mol. The van der Waals surface area contributed by atoms with Gasteiger partial charge in [0.15, 0.2) is 11.5 Å². The lowest BCUT2D eigenvalue weighted by molar-refractivity contribution is -0.384. The Balaban J connectivity index is 1.61. The zero-order valence-electron chi connectivity index (χ0n) is 17.5. The van der Waals surface area contributed by atoms with Gasteiger partial charge in [0.2, 0.25) is 0 Å². The Morgan fingerprint density at radius 2 is 2.09 bits per heavy atom. The number of hydrogen-bond acceptors (Lipinski definition) is 8. The van der Waals surface area contributed by atoms with E-state index < -0.39 is 4.92 Å². The number of amides is 1. The molecule has 0 atom stereocenters. The number of nitrogens with one attached hydrogen (secondary N) is 1. The first-order valence-corrected chi connectivity index (χ1v) is 10.6. The fourth-order valence-electron chi connectivity index (χ4n) is 3.01. The quantitative estimate of drug-likeness (QED) is 0.315. The second-order valence-electron chi connectivity index (χ2n) is 6.92. The lowest BCUT2D eigenvalue weighted by atomic mass is 10.2. The Morgan fingerprint density at radius 1 is 1.31 bits per heavy atom. The maximum Gasteiger partial charge on any atom is 0.269 e. The molecule has 1 saturated heterocycles. The summed E-state index contributed by atoms with van der Waals surface area (Å²) < 4.78 is 17.1. The molecule has 1 heterocycles. The van der Waals surface area contributed by atoms with Crippen molar-refractivity contribution in [2.75, 3.05) is 40.0 Å². The molecular weight excluding hydrogens is 484 g/mol. The topological polar surface area (TPSA) is 116 Å². The molecule has 0 aromatic heterocycles. The Bertz CT molecular complexity index is 994. The van der Waals surface area contributed by atoms with E-state index in [9.17, 15) is 14.9 Å². The standard InChI is InChI=1S/C21H23BrN4O6/c1-30-19-10-16(12-23-24-21(27)13-25-5-7-31-8-6-25)18(22)11-20(19)32-14-15-3-2-4-17(9-15)26(28)29/h2-4,9-12H,5-8,13-14H2,1H3,(H,24,27)/b23-12+. The highest BCUT2D eigenvalue weighted by molar-refractivity contribution is 9.10. The SMILES string of the molecule is COc1cc(/C=N/NC(=O)CN2CCOCC2)c(Br)cc1OCc1cccc([N+](=O)[O-])c1. The van der Waals surface area contributed by atoms with Gasteiger partial charge in [-0.25, -0.2) is 5.43 Å². The summed E-state index contributed by atoms with van der Waals surface area (Å²) in [6.07, 6.45) is 1.51. The number of non-ortho nitro benzene ring substituents is 1. The van der Waals surface area contributed by atoms with E-state index in [1.165, 1.54) is 25.5 Å². The normalized spacial score (nSPS) is 14.3. The molecule has 0 aliphatic carbocycles. The minimum atomic E-state index is -0.450. The first-order valence-electron chi connectivity index (χ1n) is 9.82. The lowest BCUT2D eigenvalue weighted by Gasteiger charge is -2.25. The lowest BCUT2D eigenvalue weighted by Crippen LogP contribution is -2.42. The Morgan fingerprint density at radius 3 is 2.81 bits per heavy atom. The van der Waals surface area contributed by atoms with Crippen LogP contribution in [0.15, 0.2) is 46.0 Å². The maximum absolute atomic E-state index is 12.0. The van der Waals surface area contributed by atoms with Crippen molar-refractivity contribution in [2.45, 2.75) is 6.61 Å². The zero-order chi connectivity index (χ0) is 22.9. The van der Waals surface area contributed by atoms with E-state index in [1.54, 1.807) is 24.3 Å². The third-order valence-corrected chi connectivity index (χ3v) is 5.35. The number of nitro benzene ring substituents is 1. The number of rotatable bonds is 9. The summed E-state index contributed by atoms with van der Waals surface area (Å²) in [5.41, 5.74) is 3.86. The average Bonchev–Trinajstić information content (AvgIpc) is 2.79. The van der Waals surface area contributed by atoms with Crippen molar-refractivity contribution in [1.82, 2.24) is 10.3 Å². The molecule has 3 rings (SSSR count). The van der Waals surface area contributed by atoms with Gasteiger partial charge >= 0.3 is 0 Å². The van der Waals surface area contributed by atoms with Crippen LogP contribution >= 0.6 is 15.9 Å². The molecule has 170 valence electrons. The van der Waals surface area contributed by atoms with E-state index in [1.807, 2.05) is 4.90 Å². The van der Waals surface area contributed by atoms with Crippen molar-refractivity contribution in [3.63, 3.8) is 0 Å². The zero-order valence-corrected chi connectivity index (χ0v) is 19.0. The van der Waals surface area contributed by atoms with Crippen LogP contribution in [0.25, 0.3) is 0 Å². The first-order chi connectivity index (χ1) is 15.5. The molecule has 0 saturated carbocycles. The molecule has 1 N–H and O–H groups in total. The molecule has 1 aliphatic rings. The smallest absolute Gasteiger partial charge is 0.269 e. The summed E-state index contributed by atoms with van der Waals surface area (Å²) >= 11 is 3.46. The van der Waals surface area contributed by atoms with Crippen LogP contribution in [0.5, 0.6) is 11.5 Å². The van der Waals surface area contributed by atoms with E-state index in [4.69, 9.17) is 14.2 Å². The van der Waals surface area contributed by atoms with Gasteiger partial charge in [0.25, 0.3) is 11.6 Å². The maximum atomic E-state index is 12.0. The van der Waals surface area contributed by atoms with Crippen LogP contribution < -0.4 is 14.9 Å². The van der Waals surface area contributed by atoms with Crippen molar-refractivity contribution in [3.8, 4) is 11.5 Å². The predicted octanol–water partition coefficient (Wildman–Crippen LogP) is 2.73. The number of halogens is 1. The molecular formula is C21H23BrN4O6. The van der Waals surface area contributed by atoms with E-state index in [2.05, 4.69) is 26.5 Å². The highest BCUT2D eigenvalue weighted by Crippen LogP contribution is 2.33. The van der Waals surface area contributed by atoms with Gasteiger partial charge in [-0.2, -0.15) is 5.10 Å². The second-order valence-corrected chi connectivity index (χ2v) is 7.78. The number of ether oxygens (including phenoxy) is 3. The van der Waals surface area contributed by atoms with Crippen LogP contribution in [-0.4, -0.2) is 61.9 Å². The molecule has 1 amide bonds. The summed E-state index contributed by atoms with van der Waals surface area (Å²) in [5, 5.41) is 15.0. The van der Waals surface area contributed by atoms with Crippen LogP contribution in [0, 0.1) is 10.1 Å². The van der Waals surface area contributed by atoms with E-state index in [-0.39, 0.29) is 24.7 Å². The number of nitrogens with zero attached hydrogens (tertiary/aromatic N) is 3. The number of benzene rings is 2. The molecule has 1 aliphatic heterocycles. The predicted molar refractivity (Wildman–Crippen MR) is 121 cm³/mol. The minimum absolute atomic E-state index is 0.00136. The minimum Gasteiger partial charge on any atom is -0.493 e. The summed E-state index contributed by atoms with van der Waals surface area (Å²) in [4.78, 5) is 24.5. The molecule has 0 bridgehead atoms. The van der Waals surface area contributed by atoms with Crippen LogP contribution in [0.4, 0.5) is 5.69 Å². The number of carbonyl (C=O) groups is 1. The summed E-state index contributed by atoms with van der Waals surface area (Å²) in [5.74, 6) is 0.710. The number of hydrazone groups is 1. The number of carbonyl (C=O) groups excluding carboxylic acids is 1. The van der Waals surface area contributed by atoms with Crippen molar-refractivity contribution in [3.05, 3.63) is 62.1 Å². The number of hydrogen-bond donors (Lipinski definition) is 1. The van der Waals surface area contributed by atoms with E-state index >= 15 is 0 Å². The van der Waals surface area contributed by atoms with Gasteiger partial charge in [-0.15, -0.1) is 0 Å². The second kappa shape index (κ2) is 11.6. The van der Waals surface area contributed by atoms with Crippen LogP contribution in [0.1, 0.15) is 11.1 Å². The summed E-state index contributed by atoms with van der Waals surface area (Å²) in [6.45, 7) is 3.08. The molecule has 32 heavy (non-hydrogen) atoms. The molecule has 11 heteroatoms. The number of morpholine rings is 1. The Kier molecular flexibility index (Phi) is 8.54. The van der Waals surface area contributed by atoms with Crippen LogP contribution in [0.3, 0.4) is 0 Å². The van der Waals surface area contributed by atoms with Gasteiger partial charge in [0.1, 0.15) is 6.61 Å². The summed E-state index contributed by atoms with van der Waals surface area (Å²) in [7, 11) is 1.51. The van der Waals surface area contributed by atoms with Gasteiger partial charge in [-0.1, -0.05) is 12.1 Å². The van der Waals surface area contributed by atoms with Gasteiger partial charge in [0.05, 0.1) is 38.0 Å². The summed E-state index contributed by atoms with van der Waals surface area (Å²) in [6, 6.07) is 9.67. The van der Waals surface area contributed by atoms with Crippen LogP contribution in [0.2, 0.25) is 0 Å². The molecule has 2 aromatic rings. The molecule has 10 nitrogen and oxygen atoms in total. The first kappa shape index (κ1) is 23.6. The largest absolute Gasteiger partial charge is 0.493 e. The molecule has 2 aromatic carbocycles. The number of nitro groups is 1. The fourth-order valence-corrected chi connectivity index (χ4v) is 3.44. The Labute approximate surface area is 193 Å². The van der Waals surface area contributed by atoms with Crippen molar-refractivity contribution in [1.29, 1.82) is 0 Å². The van der Waals surface area contributed by atoms with E-state index in [0.29, 0.717) is 40.3 Å². The Hall–Kier alpha value is -3.02. The van der Waals surface area contributed by atoms with Gasteiger partial charge in [-0.05, 0) is 33.6 Å². The highest BCUT2D eigenvalue weighted by atomic mass is 79.9. The third-order valence-electron chi connectivity index (χ3n) is 4.66. The van der Waals surface area contributed by atoms with Gasteiger partial charge in [-0.3, -0.25) is 19.8 Å². The number of methoxy groups -OCH3 is 1. The van der Waals surface area contributed by atoms with Crippen molar-refractivity contribution < 1.29 is 23.9 Å². The van der Waals surface area contributed by atoms with Gasteiger partial charge in [0, 0.05) is 35.3 Å². The fraction of sp³-hybridized carbons (Fsp3) is 0.333. The molecule has 0 spiro atoms. The van der Waals surface area contributed by atoms with E-state index in [0.717, 1.165) is 13.1 Å². The molecule has 0 radical (unpaired) electrons. The third kappa shape index (κ3) is 6.74. The molecule has 1 fully saturated rings. The molecule has 0 unspecified atom stereocenters. The van der Waals surface area contributed by atoms with Gasteiger partial charge < -0.3 is 14.2 Å². The highest BCUT2D eigenvalue weighted by Gasteiger charge is 2.14. The van der Waals surface area contributed by atoms with Crippen molar-refractivity contribution in [2.24, 2.45) is 5.10 Å². The van der Waals surface area contributed by atoms with Crippen molar-refractivity contribution >= 4 is 33.7 Å². The average molecular weight is 507 g/mol. The van der Waals surface area contributed by atoms with Crippen LogP contribution in [-0.2, 0) is 16.1 Å².